The molecule has 0 amide bonds. The predicted molar refractivity (Wildman–Crippen MR) is 81.0 cm³/mol. The average Bonchev–Trinajstić information content (AvgIpc) is 2.77. The minimum Gasteiger partial charge on any atom is -0.378 e. The van der Waals surface area contributed by atoms with Crippen molar-refractivity contribution < 1.29 is 4.39 Å². The fraction of sp³-hybridized carbons (Fsp3) is 0.400. The molecule has 0 aliphatic heterocycles. The molecular weight excluding hydrogens is 255 g/mol. The maximum atomic E-state index is 12.3. The Labute approximate surface area is 119 Å². The summed E-state index contributed by atoms with van der Waals surface area (Å²) in [6.45, 7) is 2.59. The van der Waals surface area contributed by atoms with Crippen LogP contribution >= 0.6 is 0 Å². The van der Waals surface area contributed by atoms with Gasteiger partial charge in [-0.2, -0.15) is 5.10 Å². The molecule has 0 atom stereocenters. The van der Waals surface area contributed by atoms with Crippen LogP contribution < -0.4 is 10.2 Å². The molecule has 0 saturated heterocycles. The molecule has 0 bridgehead atoms. The normalized spacial score (nSPS) is 10.6. The standard InChI is InChI=1S/C15H21FN4/c1-12-11-20(9-8-16)18-15(12)17-10-13-4-6-14(7-5-13)19(2)3/h4-7,11H,8-10H2,1-3H3,(H,17,18). The number of halogens is 1. The van der Waals surface area contributed by atoms with Gasteiger partial charge in [0.15, 0.2) is 5.82 Å². The van der Waals surface area contributed by atoms with Crippen molar-refractivity contribution in [3.63, 3.8) is 0 Å². The fourth-order valence-electron chi connectivity index (χ4n) is 1.99. The van der Waals surface area contributed by atoms with Crippen LogP contribution in [0.15, 0.2) is 30.5 Å². The van der Waals surface area contributed by atoms with E-state index in [1.54, 1.807) is 4.68 Å². The lowest BCUT2D eigenvalue weighted by Crippen LogP contribution is -2.08. The first-order chi connectivity index (χ1) is 9.60. The molecule has 0 fully saturated rings. The number of hydrogen-bond donors (Lipinski definition) is 1. The van der Waals surface area contributed by atoms with Crippen molar-refractivity contribution in [2.45, 2.75) is 20.0 Å². The van der Waals surface area contributed by atoms with Gasteiger partial charge in [0.05, 0.1) is 6.54 Å². The number of aryl methyl sites for hydroxylation is 2. The van der Waals surface area contributed by atoms with E-state index < -0.39 is 6.67 Å². The predicted octanol–water partition coefficient (Wildman–Crippen LogP) is 2.84. The van der Waals surface area contributed by atoms with Crippen LogP contribution in [0.2, 0.25) is 0 Å². The molecule has 0 aliphatic carbocycles. The van der Waals surface area contributed by atoms with E-state index in [1.807, 2.05) is 27.2 Å². The topological polar surface area (TPSA) is 33.1 Å². The van der Waals surface area contributed by atoms with Gasteiger partial charge in [0.2, 0.25) is 0 Å². The Balaban J connectivity index is 1.97. The Bertz CT molecular complexity index is 546. The van der Waals surface area contributed by atoms with Gasteiger partial charge in [0, 0.05) is 38.1 Å². The molecule has 1 aromatic carbocycles. The number of benzene rings is 1. The highest BCUT2D eigenvalue weighted by atomic mass is 19.1. The summed E-state index contributed by atoms with van der Waals surface area (Å²) in [5.41, 5.74) is 3.40. The van der Waals surface area contributed by atoms with Gasteiger partial charge in [-0.15, -0.1) is 0 Å². The zero-order valence-electron chi connectivity index (χ0n) is 12.2. The Morgan fingerprint density at radius 3 is 2.55 bits per heavy atom. The summed E-state index contributed by atoms with van der Waals surface area (Å²) in [5.74, 6) is 0.815. The van der Waals surface area contributed by atoms with Crippen LogP contribution in [0, 0.1) is 6.92 Å². The summed E-state index contributed by atoms with van der Waals surface area (Å²) >= 11 is 0. The highest BCUT2D eigenvalue weighted by molar-refractivity contribution is 5.47. The van der Waals surface area contributed by atoms with Gasteiger partial charge in [0.25, 0.3) is 0 Å². The number of alkyl halides is 1. The number of anilines is 2. The van der Waals surface area contributed by atoms with Crippen molar-refractivity contribution >= 4 is 11.5 Å². The van der Waals surface area contributed by atoms with Crippen LogP contribution in [0.25, 0.3) is 0 Å². The summed E-state index contributed by atoms with van der Waals surface area (Å²) in [7, 11) is 4.04. The third-order valence-electron chi connectivity index (χ3n) is 3.17. The van der Waals surface area contributed by atoms with E-state index in [-0.39, 0.29) is 0 Å². The highest BCUT2D eigenvalue weighted by Gasteiger charge is 2.04. The minimum absolute atomic E-state index is 0.306. The molecule has 4 nitrogen and oxygen atoms in total. The van der Waals surface area contributed by atoms with Crippen LogP contribution in [0.4, 0.5) is 15.9 Å². The zero-order chi connectivity index (χ0) is 14.5. The second-order valence-electron chi connectivity index (χ2n) is 5.03. The van der Waals surface area contributed by atoms with Gasteiger partial charge in [-0.1, -0.05) is 12.1 Å². The lowest BCUT2D eigenvalue weighted by molar-refractivity contribution is 0.427. The summed E-state index contributed by atoms with van der Waals surface area (Å²) in [5, 5.41) is 7.61. The SMILES string of the molecule is Cc1cn(CCF)nc1NCc1ccc(N(C)C)cc1. The molecule has 5 heteroatoms. The van der Waals surface area contributed by atoms with Crippen LogP contribution in [-0.4, -0.2) is 30.6 Å². The number of aromatic nitrogens is 2. The Morgan fingerprint density at radius 1 is 1.25 bits per heavy atom. The Morgan fingerprint density at radius 2 is 1.95 bits per heavy atom. The van der Waals surface area contributed by atoms with E-state index in [4.69, 9.17) is 0 Å². The largest absolute Gasteiger partial charge is 0.378 e. The number of nitrogens with one attached hydrogen (secondary N) is 1. The molecule has 2 rings (SSSR count). The molecule has 0 spiro atoms. The molecule has 2 aromatic rings. The number of nitrogens with zero attached hydrogens (tertiary/aromatic N) is 3. The van der Waals surface area contributed by atoms with Gasteiger partial charge < -0.3 is 10.2 Å². The van der Waals surface area contributed by atoms with Crippen molar-refractivity contribution in [2.24, 2.45) is 0 Å². The second kappa shape index (κ2) is 6.41. The molecule has 0 aliphatic rings. The Hall–Kier alpha value is -2.04. The van der Waals surface area contributed by atoms with E-state index in [2.05, 4.69) is 39.6 Å². The highest BCUT2D eigenvalue weighted by Crippen LogP contribution is 2.15. The fourth-order valence-corrected chi connectivity index (χ4v) is 1.99. The third-order valence-corrected chi connectivity index (χ3v) is 3.17. The summed E-state index contributed by atoms with van der Waals surface area (Å²) in [4.78, 5) is 2.07. The molecule has 20 heavy (non-hydrogen) atoms. The molecule has 0 saturated carbocycles. The quantitative estimate of drug-likeness (QED) is 0.880. The first kappa shape index (κ1) is 14.4. The molecular formula is C15H21FN4. The van der Waals surface area contributed by atoms with Gasteiger partial charge in [-0.05, 0) is 24.6 Å². The number of rotatable bonds is 6. The summed E-state index contributed by atoms with van der Waals surface area (Å²) in [6.07, 6.45) is 1.86. The van der Waals surface area contributed by atoms with Crippen molar-refractivity contribution in [2.75, 3.05) is 31.0 Å². The van der Waals surface area contributed by atoms with E-state index in [0.29, 0.717) is 13.1 Å². The van der Waals surface area contributed by atoms with Crippen molar-refractivity contribution in [3.05, 3.63) is 41.6 Å². The summed E-state index contributed by atoms with van der Waals surface area (Å²) < 4.78 is 13.9. The lowest BCUT2D eigenvalue weighted by atomic mass is 10.2. The molecule has 0 radical (unpaired) electrons. The van der Waals surface area contributed by atoms with Gasteiger partial charge in [0.1, 0.15) is 6.67 Å². The van der Waals surface area contributed by atoms with Crippen LogP contribution in [0.1, 0.15) is 11.1 Å². The maximum Gasteiger partial charge on any atom is 0.151 e. The lowest BCUT2D eigenvalue weighted by Gasteiger charge is -2.12. The second-order valence-corrected chi connectivity index (χ2v) is 5.03. The third kappa shape index (κ3) is 3.50. The van der Waals surface area contributed by atoms with Crippen LogP contribution in [0.3, 0.4) is 0 Å². The monoisotopic (exact) mass is 276 g/mol. The van der Waals surface area contributed by atoms with Gasteiger partial charge >= 0.3 is 0 Å². The minimum atomic E-state index is -0.396. The maximum absolute atomic E-state index is 12.3. The smallest absolute Gasteiger partial charge is 0.151 e. The molecule has 1 aromatic heterocycles. The van der Waals surface area contributed by atoms with Crippen molar-refractivity contribution in [1.82, 2.24) is 9.78 Å². The first-order valence-corrected chi connectivity index (χ1v) is 6.70. The van der Waals surface area contributed by atoms with Gasteiger partial charge in [-0.3, -0.25) is 4.68 Å². The number of hydrogen-bond acceptors (Lipinski definition) is 3. The van der Waals surface area contributed by atoms with E-state index in [9.17, 15) is 4.39 Å². The van der Waals surface area contributed by atoms with E-state index >= 15 is 0 Å². The molecule has 1 N–H and O–H groups in total. The van der Waals surface area contributed by atoms with E-state index in [0.717, 1.165) is 11.4 Å². The van der Waals surface area contributed by atoms with Crippen LogP contribution in [-0.2, 0) is 13.1 Å². The van der Waals surface area contributed by atoms with Crippen molar-refractivity contribution in [1.29, 1.82) is 0 Å². The van der Waals surface area contributed by atoms with Crippen molar-refractivity contribution in [3.8, 4) is 0 Å². The molecule has 0 unspecified atom stereocenters. The van der Waals surface area contributed by atoms with E-state index in [1.165, 1.54) is 11.3 Å². The molecule has 108 valence electrons. The van der Waals surface area contributed by atoms with Gasteiger partial charge in [-0.25, -0.2) is 4.39 Å². The summed E-state index contributed by atoms with van der Waals surface area (Å²) in [6, 6.07) is 8.36. The van der Waals surface area contributed by atoms with Crippen LogP contribution in [0.5, 0.6) is 0 Å². The zero-order valence-corrected chi connectivity index (χ0v) is 12.2. The average molecular weight is 276 g/mol. The first-order valence-electron chi connectivity index (χ1n) is 6.70. The molecule has 1 heterocycles. The Kier molecular flexibility index (Phi) is 4.61.